The Hall–Kier alpha value is -2.14. The number of hydrogen-bond acceptors (Lipinski definition) is 3. The molecule has 1 aromatic carbocycles. The molecule has 0 bridgehead atoms. The Bertz CT molecular complexity index is 597. The molecule has 0 unspecified atom stereocenters. The lowest BCUT2D eigenvalue weighted by Crippen LogP contribution is -2.05. The van der Waals surface area contributed by atoms with Crippen LogP contribution in [0.4, 0.5) is 0 Å². The Balaban J connectivity index is 2.55. The van der Waals surface area contributed by atoms with Crippen molar-refractivity contribution in [3.8, 4) is 5.69 Å². The fraction of sp³-hybridized carbons (Fsp3) is 0.286. The minimum Gasteiger partial charge on any atom is -0.476 e. The molecule has 2 rings (SSSR count). The molecule has 100 valence electrons. The van der Waals surface area contributed by atoms with Gasteiger partial charge in [0.05, 0.1) is 18.0 Å². The number of aromatic nitrogens is 2. The molecule has 0 spiro atoms. The number of methoxy groups -OCH3 is 1. The molecule has 2 aromatic rings. The van der Waals surface area contributed by atoms with E-state index in [1.807, 2.05) is 26.0 Å². The van der Waals surface area contributed by atoms with Gasteiger partial charge in [-0.15, -0.1) is 0 Å². The van der Waals surface area contributed by atoms with Crippen molar-refractivity contribution in [3.63, 3.8) is 0 Å². The van der Waals surface area contributed by atoms with Crippen LogP contribution in [0.1, 0.15) is 27.3 Å². The molecular formula is C14H16N2O3. The largest absolute Gasteiger partial charge is 0.476 e. The SMILES string of the molecule is COCc1cc(C(=O)O)nn1-c1cc(C)cc(C)c1. The summed E-state index contributed by atoms with van der Waals surface area (Å²) >= 11 is 0. The fourth-order valence-electron chi connectivity index (χ4n) is 2.07. The van der Waals surface area contributed by atoms with Gasteiger partial charge in [0, 0.05) is 7.11 Å². The first-order valence-electron chi connectivity index (χ1n) is 5.91. The van der Waals surface area contributed by atoms with Crippen molar-refractivity contribution in [2.24, 2.45) is 0 Å². The Labute approximate surface area is 111 Å². The summed E-state index contributed by atoms with van der Waals surface area (Å²) in [6, 6.07) is 7.51. The van der Waals surface area contributed by atoms with Gasteiger partial charge >= 0.3 is 5.97 Å². The molecule has 1 aromatic heterocycles. The normalized spacial score (nSPS) is 10.7. The molecule has 1 N–H and O–H groups in total. The lowest BCUT2D eigenvalue weighted by atomic mass is 10.1. The minimum absolute atomic E-state index is 0.0196. The van der Waals surface area contributed by atoms with E-state index in [0.29, 0.717) is 12.3 Å². The molecule has 19 heavy (non-hydrogen) atoms. The minimum atomic E-state index is -1.04. The van der Waals surface area contributed by atoms with Crippen molar-refractivity contribution in [1.82, 2.24) is 9.78 Å². The number of carbonyl (C=O) groups is 1. The number of aryl methyl sites for hydroxylation is 2. The van der Waals surface area contributed by atoms with E-state index in [1.165, 1.54) is 6.07 Å². The molecular weight excluding hydrogens is 244 g/mol. The first-order valence-corrected chi connectivity index (χ1v) is 5.91. The second kappa shape index (κ2) is 5.24. The van der Waals surface area contributed by atoms with Gasteiger partial charge in [-0.1, -0.05) is 6.07 Å². The van der Waals surface area contributed by atoms with E-state index in [0.717, 1.165) is 16.8 Å². The van der Waals surface area contributed by atoms with Gasteiger partial charge in [-0.2, -0.15) is 5.10 Å². The Morgan fingerprint density at radius 1 is 1.26 bits per heavy atom. The summed E-state index contributed by atoms with van der Waals surface area (Å²) in [4.78, 5) is 11.0. The maximum atomic E-state index is 11.0. The van der Waals surface area contributed by atoms with E-state index in [9.17, 15) is 4.79 Å². The second-order valence-corrected chi connectivity index (χ2v) is 4.52. The van der Waals surface area contributed by atoms with E-state index in [-0.39, 0.29) is 5.69 Å². The highest BCUT2D eigenvalue weighted by Crippen LogP contribution is 2.17. The lowest BCUT2D eigenvalue weighted by Gasteiger charge is -2.08. The number of carboxylic acids is 1. The third-order valence-electron chi connectivity index (χ3n) is 2.75. The number of aromatic carboxylic acids is 1. The molecule has 1 heterocycles. The van der Waals surface area contributed by atoms with E-state index in [4.69, 9.17) is 9.84 Å². The number of benzene rings is 1. The van der Waals surface area contributed by atoms with Crippen molar-refractivity contribution in [3.05, 3.63) is 46.8 Å². The number of rotatable bonds is 4. The average molecular weight is 260 g/mol. The number of hydrogen-bond donors (Lipinski definition) is 1. The highest BCUT2D eigenvalue weighted by Gasteiger charge is 2.14. The number of carboxylic acid groups (broad SMARTS) is 1. The Morgan fingerprint density at radius 2 is 1.89 bits per heavy atom. The van der Waals surface area contributed by atoms with Crippen LogP contribution in [0.2, 0.25) is 0 Å². The van der Waals surface area contributed by atoms with E-state index < -0.39 is 5.97 Å². The summed E-state index contributed by atoms with van der Waals surface area (Å²) in [5.41, 5.74) is 3.78. The summed E-state index contributed by atoms with van der Waals surface area (Å²) < 4.78 is 6.71. The van der Waals surface area contributed by atoms with Gasteiger partial charge in [0.25, 0.3) is 0 Å². The van der Waals surface area contributed by atoms with Crippen molar-refractivity contribution < 1.29 is 14.6 Å². The van der Waals surface area contributed by atoms with Crippen LogP contribution in [0, 0.1) is 13.8 Å². The predicted octanol–water partition coefficient (Wildman–Crippen LogP) is 2.33. The zero-order valence-corrected chi connectivity index (χ0v) is 11.2. The highest BCUT2D eigenvalue weighted by molar-refractivity contribution is 5.85. The maximum Gasteiger partial charge on any atom is 0.356 e. The van der Waals surface area contributed by atoms with Gasteiger partial charge in [-0.3, -0.25) is 0 Å². The van der Waals surface area contributed by atoms with Crippen LogP contribution in [-0.4, -0.2) is 28.0 Å². The predicted molar refractivity (Wildman–Crippen MR) is 70.7 cm³/mol. The molecule has 0 amide bonds. The van der Waals surface area contributed by atoms with Crippen LogP contribution in [0.3, 0.4) is 0 Å². The van der Waals surface area contributed by atoms with Crippen molar-refractivity contribution >= 4 is 5.97 Å². The zero-order chi connectivity index (χ0) is 14.0. The van der Waals surface area contributed by atoms with E-state index >= 15 is 0 Å². The smallest absolute Gasteiger partial charge is 0.356 e. The van der Waals surface area contributed by atoms with Crippen LogP contribution < -0.4 is 0 Å². The first-order chi connectivity index (χ1) is 9.01. The zero-order valence-electron chi connectivity index (χ0n) is 11.2. The molecule has 5 heteroatoms. The Kier molecular flexibility index (Phi) is 3.66. The fourth-order valence-corrected chi connectivity index (χ4v) is 2.07. The van der Waals surface area contributed by atoms with Gasteiger partial charge in [0.1, 0.15) is 0 Å². The molecule has 0 aliphatic carbocycles. The molecule has 0 radical (unpaired) electrons. The third-order valence-corrected chi connectivity index (χ3v) is 2.75. The van der Waals surface area contributed by atoms with Gasteiger partial charge in [0.15, 0.2) is 5.69 Å². The van der Waals surface area contributed by atoms with Crippen molar-refractivity contribution in [1.29, 1.82) is 0 Å². The second-order valence-electron chi connectivity index (χ2n) is 4.52. The van der Waals surface area contributed by atoms with Crippen LogP contribution in [0.15, 0.2) is 24.3 Å². The van der Waals surface area contributed by atoms with Crippen LogP contribution in [0.5, 0.6) is 0 Å². The van der Waals surface area contributed by atoms with Gasteiger partial charge in [0.2, 0.25) is 0 Å². The standard InChI is InChI=1S/C14H16N2O3/c1-9-4-10(2)6-11(5-9)16-12(8-19-3)7-13(15-16)14(17)18/h4-7H,8H2,1-3H3,(H,17,18). The summed E-state index contributed by atoms with van der Waals surface area (Å²) in [7, 11) is 1.57. The summed E-state index contributed by atoms with van der Waals surface area (Å²) in [5, 5.41) is 13.1. The summed E-state index contributed by atoms with van der Waals surface area (Å²) in [5.74, 6) is -1.04. The van der Waals surface area contributed by atoms with Gasteiger partial charge < -0.3 is 9.84 Å². The molecule has 0 saturated carbocycles. The van der Waals surface area contributed by atoms with Crippen LogP contribution >= 0.6 is 0 Å². The molecule has 0 fully saturated rings. The van der Waals surface area contributed by atoms with Crippen LogP contribution in [0.25, 0.3) is 5.69 Å². The number of nitrogens with zero attached hydrogens (tertiary/aromatic N) is 2. The first kappa shape index (κ1) is 13.3. The summed E-state index contributed by atoms with van der Waals surface area (Å²) in [6.45, 7) is 4.30. The monoisotopic (exact) mass is 260 g/mol. The maximum absolute atomic E-state index is 11.0. The number of ether oxygens (including phenoxy) is 1. The molecule has 0 saturated heterocycles. The van der Waals surface area contributed by atoms with E-state index in [2.05, 4.69) is 11.2 Å². The van der Waals surface area contributed by atoms with Gasteiger partial charge in [-0.25, -0.2) is 9.48 Å². The van der Waals surface area contributed by atoms with Crippen LogP contribution in [-0.2, 0) is 11.3 Å². The average Bonchev–Trinajstić information content (AvgIpc) is 2.72. The third kappa shape index (κ3) is 2.82. The topological polar surface area (TPSA) is 64.3 Å². The van der Waals surface area contributed by atoms with Gasteiger partial charge in [-0.05, 0) is 43.2 Å². The lowest BCUT2D eigenvalue weighted by molar-refractivity contribution is 0.0690. The summed E-state index contributed by atoms with van der Waals surface area (Å²) in [6.07, 6.45) is 0. The molecule has 5 nitrogen and oxygen atoms in total. The molecule has 0 aliphatic heterocycles. The van der Waals surface area contributed by atoms with Crippen molar-refractivity contribution in [2.45, 2.75) is 20.5 Å². The highest BCUT2D eigenvalue weighted by atomic mass is 16.5. The van der Waals surface area contributed by atoms with Crippen molar-refractivity contribution in [2.75, 3.05) is 7.11 Å². The molecule has 0 aliphatic rings. The molecule has 0 atom stereocenters. The quantitative estimate of drug-likeness (QED) is 0.916. The Morgan fingerprint density at radius 3 is 2.42 bits per heavy atom. The van der Waals surface area contributed by atoms with E-state index in [1.54, 1.807) is 11.8 Å².